The summed E-state index contributed by atoms with van der Waals surface area (Å²) in [5.74, 6) is -1.55. The van der Waals surface area contributed by atoms with Crippen LogP contribution in [0.5, 0.6) is 5.75 Å². The lowest BCUT2D eigenvalue weighted by atomic mass is 10.2. The lowest BCUT2D eigenvalue weighted by Gasteiger charge is -2.11. The number of benzene rings is 2. The molecule has 0 heterocycles. The van der Waals surface area contributed by atoms with Gasteiger partial charge in [0.15, 0.2) is 5.75 Å². The third-order valence-corrected chi connectivity index (χ3v) is 4.55. The van der Waals surface area contributed by atoms with Crippen molar-refractivity contribution in [3.8, 4) is 5.75 Å². The van der Waals surface area contributed by atoms with Crippen LogP contribution in [0.4, 0.5) is 0 Å². The van der Waals surface area contributed by atoms with E-state index in [4.69, 9.17) is 32.5 Å². The average molecular weight is 361 g/mol. The number of aromatic carboxylic acids is 1. The molecule has 0 spiro atoms. The summed E-state index contributed by atoms with van der Waals surface area (Å²) in [6, 6.07) is 8.14. The van der Waals surface area contributed by atoms with Crippen LogP contribution in [0.15, 0.2) is 41.3 Å². The number of hydrogen-bond donors (Lipinski definition) is 1. The lowest BCUT2D eigenvalue weighted by Crippen LogP contribution is -2.11. The highest BCUT2D eigenvalue weighted by atomic mass is 35.5. The minimum atomic E-state index is -4.12. The van der Waals surface area contributed by atoms with Crippen LogP contribution in [-0.4, -0.2) is 19.5 Å². The third-order valence-electron chi connectivity index (χ3n) is 2.75. The van der Waals surface area contributed by atoms with Crippen molar-refractivity contribution in [1.82, 2.24) is 0 Å². The predicted molar refractivity (Wildman–Crippen MR) is 82.4 cm³/mol. The summed E-state index contributed by atoms with van der Waals surface area (Å²) in [5.41, 5.74) is 0.718. The van der Waals surface area contributed by atoms with Gasteiger partial charge in [0.25, 0.3) is 0 Å². The Morgan fingerprint density at radius 3 is 2.05 bits per heavy atom. The van der Waals surface area contributed by atoms with Crippen molar-refractivity contribution in [3.05, 3.63) is 57.6 Å². The summed E-state index contributed by atoms with van der Waals surface area (Å²) in [5, 5.41) is 8.47. The third kappa shape index (κ3) is 3.52. The van der Waals surface area contributed by atoms with Gasteiger partial charge in [0.2, 0.25) is 0 Å². The second kappa shape index (κ2) is 6.16. The van der Waals surface area contributed by atoms with E-state index in [9.17, 15) is 13.2 Å². The standard InChI is InChI=1S/C14H10Cl2O5S/c1-8-2-4-10(5-3-8)22(19,20)21-13-11(15)6-9(14(17)18)7-12(13)16/h2-7H,1H3,(H,17,18). The van der Waals surface area contributed by atoms with E-state index in [-0.39, 0.29) is 26.3 Å². The lowest BCUT2D eigenvalue weighted by molar-refractivity contribution is 0.0697. The molecule has 0 aliphatic heterocycles. The Bertz CT molecular complexity index is 806. The second-order valence-corrected chi connectivity index (χ2v) is 6.79. The first-order valence-corrected chi connectivity index (χ1v) is 8.10. The molecule has 0 atom stereocenters. The van der Waals surface area contributed by atoms with Gasteiger partial charge >= 0.3 is 16.1 Å². The van der Waals surface area contributed by atoms with Gasteiger partial charge < -0.3 is 9.29 Å². The number of carbonyl (C=O) groups is 1. The predicted octanol–water partition coefficient (Wildman–Crippen LogP) is 3.77. The fourth-order valence-corrected chi connectivity index (χ4v) is 3.25. The molecule has 0 saturated heterocycles. The fraction of sp³-hybridized carbons (Fsp3) is 0.0714. The molecule has 2 aromatic rings. The molecule has 116 valence electrons. The van der Waals surface area contributed by atoms with E-state index in [1.54, 1.807) is 12.1 Å². The van der Waals surface area contributed by atoms with E-state index in [1.807, 2.05) is 6.92 Å². The molecule has 5 nitrogen and oxygen atoms in total. The quantitative estimate of drug-likeness (QED) is 0.839. The fourth-order valence-electron chi connectivity index (χ4n) is 1.63. The Hall–Kier alpha value is -1.76. The Balaban J connectivity index is 2.42. The van der Waals surface area contributed by atoms with Crippen LogP contribution in [0.2, 0.25) is 10.0 Å². The molecule has 0 aliphatic carbocycles. The van der Waals surface area contributed by atoms with Crippen LogP contribution in [0.25, 0.3) is 0 Å². The smallest absolute Gasteiger partial charge is 0.339 e. The zero-order valence-corrected chi connectivity index (χ0v) is 13.5. The molecule has 0 radical (unpaired) electrons. The first-order chi connectivity index (χ1) is 10.2. The highest BCUT2D eigenvalue weighted by molar-refractivity contribution is 7.87. The molecule has 2 aromatic carbocycles. The minimum absolute atomic E-state index is 0.0625. The summed E-state index contributed by atoms with van der Waals surface area (Å²) in [6.45, 7) is 1.82. The van der Waals surface area contributed by atoms with Gasteiger partial charge in [-0.3, -0.25) is 0 Å². The van der Waals surface area contributed by atoms with Gasteiger partial charge in [-0.15, -0.1) is 0 Å². The Morgan fingerprint density at radius 1 is 1.09 bits per heavy atom. The van der Waals surface area contributed by atoms with Crippen molar-refractivity contribution in [2.75, 3.05) is 0 Å². The first kappa shape index (κ1) is 16.6. The molecule has 0 unspecified atom stereocenters. The first-order valence-electron chi connectivity index (χ1n) is 5.94. The van der Waals surface area contributed by atoms with E-state index in [0.29, 0.717) is 0 Å². The topological polar surface area (TPSA) is 80.7 Å². The van der Waals surface area contributed by atoms with Gasteiger partial charge in [0.05, 0.1) is 15.6 Å². The van der Waals surface area contributed by atoms with Crippen LogP contribution >= 0.6 is 23.2 Å². The number of rotatable bonds is 4. The molecule has 0 amide bonds. The normalized spacial score (nSPS) is 11.2. The maximum atomic E-state index is 12.2. The molecule has 8 heteroatoms. The van der Waals surface area contributed by atoms with Crippen molar-refractivity contribution in [2.24, 2.45) is 0 Å². The summed E-state index contributed by atoms with van der Waals surface area (Å²) < 4.78 is 29.3. The number of carboxylic acid groups (broad SMARTS) is 1. The van der Waals surface area contributed by atoms with E-state index in [0.717, 1.165) is 17.7 Å². The number of halogens is 2. The SMILES string of the molecule is Cc1ccc(S(=O)(=O)Oc2c(Cl)cc(C(=O)O)cc2Cl)cc1. The van der Waals surface area contributed by atoms with E-state index >= 15 is 0 Å². The zero-order valence-electron chi connectivity index (χ0n) is 11.2. The second-order valence-electron chi connectivity index (χ2n) is 4.42. The molecule has 22 heavy (non-hydrogen) atoms. The van der Waals surface area contributed by atoms with Crippen LogP contribution < -0.4 is 4.18 Å². The Morgan fingerprint density at radius 2 is 1.59 bits per heavy atom. The van der Waals surface area contributed by atoms with Crippen molar-refractivity contribution >= 4 is 39.3 Å². The Labute approximate surface area is 137 Å². The minimum Gasteiger partial charge on any atom is -0.478 e. The van der Waals surface area contributed by atoms with Gasteiger partial charge in [-0.1, -0.05) is 40.9 Å². The molecule has 2 rings (SSSR count). The van der Waals surface area contributed by atoms with Gasteiger partial charge in [-0.05, 0) is 31.2 Å². The van der Waals surface area contributed by atoms with Gasteiger partial charge in [0, 0.05) is 0 Å². The van der Waals surface area contributed by atoms with Crippen molar-refractivity contribution < 1.29 is 22.5 Å². The molecule has 0 aliphatic rings. The van der Waals surface area contributed by atoms with Crippen LogP contribution in [0, 0.1) is 6.92 Å². The molecule has 0 bridgehead atoms. The van der Waals surface area contributed by atoms with E-state index < -0.39 is 16.1 Å². The number of aryl methyl sites for hydroxylation is 1. The zero-order chi connectivity index (χ0) is 16.5. The van der Waals surface area contributed by atoms with Gasteiger partial charge in [0.1, 0.15) is 4.90 Å². The monoisotopic (exact) mass is 360 g/mol. The maximum Gasteiger partial charge on any atom is 0.339 e. The molecule has 0 fully saturated rings. The summed E-state index contributed by atoms with van der Waals surface area (Å²) in [7, 11) is -4.12. The summed E-state index contributed by atoms with van der Waals surface area (Å²) >= 11 is 11.7. The van der Waals surface area contributed by atoms with E-state index in [1.165, 1.54) is 12.1 Å². The summed E-state index contributed by atoms with van der Waals surface area (Å²) in [4.78, 5) is 10.8. The molecular weight excluding hydrogens is 351 g/mol. The van der Waals surface area contributed by atoms with Crippen LogP contribution in [-0.2, 0) is 10.1 Å². The summed E-state index contributed by atoms with van der Waals surface area (Å²) in [6.07, 6.45) is 0. The average Bonchev–Trinajstić information content (AvgIpc) is 2.43. The Kier molecular flexibility index (Phi) is 4.65. The van der Waals surface area contributed by atoms with Crippen LogP contribution in [0.3, 0.4) is 0 Å². The largest absolute Gasteiger partial charge is 0.478 e. The highest BCUT2D eigenvalue weighted by Crippen LogP contribution is 2.36. The highest BCUT2D eigenvalue weighted by Gasteiger charge is 2.22. The number of hydrogen-bond acceptors (Lipinski definition) is 4. The van der Waals surface area contributed by atoms with Crippen molar-refractivity contribution in [3.63, 3.8) is 0 Å². The molecular formula is C14H10Cl2O5S. The van der Waals surface area contributed by atoms with Crippen molar-refractivity contribution in [2.45, 2.75) is 11.8 Å². The maximum absolute atomic E-state index is 12.2. The van der Waals surface area contributed by atoms with Crippen molar-refractivity contribution in [1.29, 1.82) is 0 Å². The molecule has 0 aromatic heterocycles. The molecule has 0 saturated carbocycles. The number of carboxylic acids is 1. The van der Waals surface area contributed by atoms with Gasteiger partial charge in [-0.2, -0.15) is 8.42 Å². The molecule has 1 N–H and O–H groups in total. The van der Waals surface area contributed by atoms with E-state index in [2.05, 4.69) is 0 Å². The van der Waals surface area contributed by atoms with Crippen LogP contribution in [0.1, 0.15) is 15.9 Å². The van der Waals surface area contributed by atoms with Gasteiger partial charge in [-0.25, -0.2) is 4.79 Å².